The van der Waals surface area contributed by atoms with Crippen molar-refractivity contribution in [2.24, 2.45) is 0 Å². The van der Waals surface area contributed by atoms with Crippen LogP contribution in [0.5, 0.6) is 0 Å². The smallest absolute Gasteiger partial charge is 0.257 e. The number of carbonyl (C=O) groups is 1. The van der Waals surface area contributed by atoms with E-state index >= 15 is 0 Å². The van der Waals surface area contributed by atoms with Crippen molar-refractivity contribution in [3.63, 3.8) is 0 Å². The molecule has 0 radical (unpaired) electrons. The molecular weight excluding hydrogens is 252 g/mol. The highest BCUT2D eigenvalue weighted by molar-refractivity contribution is 6.33. The highest BCUT2D eigenvalue weighted by Gasteiger charge is 2.23. The highest BCUT2D eigenvalue weighted by atomic mass is 35.5. The van der Waals surface area contributed by atoms with Gasteiger partial charge in [0.05, 0.1) is 16.7 Å². The summed E-state index contributed by atoms with van der Waals surface area (Å²) in [4.78, 5) is 18.0. The number of aromatic nitrogens is 1. The summed E-state index contributed by atoms with van der Waals surface area (Å²) in [7, 11) is 0. The normalized spacial score (nSPS) is 18.9. The zero-order chi connectivity index (χ0) is 13.0. The van der Waals surface area contributed by atoms with Gasteiger partial charge in [0.1, 0.15) is 0 Å². The third-order valence-electron chi connectivity index (χ3n) is 3.12. The van der Waals surface area contributed by atoms with E-state index in [9.17, 15) is 4.79 Å². The first-order valence-corrected chi connectivity index (χ1v) is 6.60. The van der Waals surface area contributed by atoms with Gasteiger partial charge in [-0.25, -0.2) is 0 Å². The van der Waals surface area contributed by atoms with Gasteiger partial charge in [0, 0.05) is 32.1 Å². The average molecular weight is 269 g/mol. The lowest BCUT2D eigenvalue weighted by Gasteiger charge is -2.24. The van der Waals surface area contributed by atoms with Gasteiger partial charge in [0.15, 0.2) is 0 Å². The first-order chi connectivity index (χ1) is 8.72. The van der Waals surface area contributed by atoms with E-state index in [1.165, 1.54) is 6.20 Å². The zero-order valence-corrected chi connectivity index (χ0v) is 11.2. The van der Waals surface area contributed by atoms with E-state index in [4.69, 9.17) is 16.3 Å². The van der Waals surface area contributed by atoms with Crippen molar-refractivity contribution in [3.05, 3.63) is 29.0 Å². The highest BCUT2D eigenvalue weighted by Crippen LogP contribution is 2.18. The number of pyridine rings is 1. The molecule has 5 heteroatoms. The largest absolute Gasteiger partial charge is 0.376 e. The van der Waals surface area contributed by atoms with Gasteiger partial charge in [-0.15, -0.1) is 0 Å². The van der Waals surface area contributed by atoms with Crippen molar-refractivity contribution in [1.29, 1.82) is 0 Å². The van der Waals surface area contributed by atoms with Crippen molar-refractivity contribution in [3.8, 4) is 0 Å². The molecule has 1 aromatic heterocycles. The lowest BCUT2D eigenvalue weighted by Crippen LogP contribution is -2.37. The molecule has 1 aliphatic heterocycles. The number of ether oxygens (including phenoxy) is 1. The number of amides is 1. The lowest BCUT2D eigenvalue weighted by molar-refractivity contribution is 0.0539. The summed E-state index contributed by atoms with van der Waals surface area (Å²) in [5, 5.41) is 0.445. The summed E-state index contributed by atoms with van der Waals surface area (Å²) in [6.45, 7) is 4.02. The van der Waals surface area contributed by atoms with Gasteiger partial charge in [-0.05, 0) is 25.8 Å². The molecule has 1 amide bonds. The molecule has 0 N–H and O–H groups in total. The van der Waals surface area contributed by atoms with Gasteiger partial charge in [0.25, 0.3) is 5.91 Å². The second kappa shape index (κ2) is 6.16. The summed E-state index contributed by atoms with van der Waals surface area (Å²) in [5.74, 6) is -0.0777. The van der Waals surface area contributed by atoms with Gasteiger partial charge < -0.3 is 9.64 Å². The molecule has 0 saturated carbocycles. The van der Waals surface area contributed by atoms with Crippen LogP contribution in [0, 0.1) is 0 Å². The van der Waals surface area contributed by atoms with E-state index < -0.39 is 0 Å². The van der Waals surface area contributed by atoms with Crippen LogP contribution in [0.25, 0.3) is 0 Å². The summed E-state index contributed by atoms with van der Waals surface area (Å²) in [6, 6.07) is 1.63. The number of likely N-dealkylation sites (N-methyl/N-ethyl adjacent to an activating group) is 1. The van der Waals surface area contributed by atoms with Crippen LogP contribution in [0.3, 0.4) is 0 Å². The fraction of sp³-hybridized carbons (Fsp3) is 0.538. The Hall–Kier alpha value is -1.13. The maximum atomic E-state index is 12.3. The number of carbonyl (C=O) groups excluding carboxylic acids is 1. The molecule has 98 valence electrons. The summed E-state index contributed by atoms with van der Waals surface area (Å²) >= 11 is 6.02. The maximum Gasteiger partial charge on any atom is 0.257 e. The van der Waals surface area contributed by atoms with Crippen LogP contribution in [-0.2, 0) is 4.74 Å². The van der Waals surface area contributed by atoms with Gasteiger partial charge in [-0.2, -0.15) is 0 Å². The van der Waals surface area contributed by atoms with Crippen LogP contribution in [-0.4, -0.2) is 41.6 Å². The molecule has 18 heavy (non-hydrogen) atoms. The van der Waals surface area contributed by atoms with E-state index in [0.717, 1.165) is 19.4 Å². The number of hydrogen-bond acceptors (Lipinski definition) is 3. The number of hydrogen-bond donors (Lipinski definition) is 0. The van der Waals surface area contributed by atoms with E-state index in [1.807, 2.05) is 6.92 Å². The van der Waals surface area contributed by atoms with E-state index in [0.29, 0.717) is 23.7 Å². The summed E-state index contributed by atoms with van der Waals surface area (Å²) in [5.41, 5.74) is 0.457. The minimum atomic E-state index is -0.0777. The fourth-order valence-corrected chi connectivity index (χ4v) is 2.28. The average Bonchev–Trinajstić information content (AvgIpc) is 2.88. The van der Waals surface area contributed by atoms with Gasteiger partial charge in [-0.3, -0.25) is 9.78 Å². The molecule has 2 heterocycles. The van der Waals surface area contributed by atoms with Gasteiger partial charge >= 0.3 is 0 Å². The molecule has 1 aromatic rings. The number of halogens is 1. The molecule has 1 aliphatic rings. The molecule has 1 unspecified atom stereocenters. The maximum absolute atomic E-state index is 12.3. The minimum absolute atomic E-state index is 0.0777. The van der Waals surface area contributed by atoms with Crippen LogP contribution in [0.4, 0.5) is 0 Å². The second-order valence-corrected chi connectivity index (χ2v) is 4.74. The number of nitrogens with zero attached hydrogens (tertiary/aromatic N) is 2. The Kier molecular flexibility index (Phi) is 4.55. The Morgan fingerprint density at radius 1 is 1.67 bits per heavy atom. The summed E-state index contributed by atoms with van der Waals surface area (Å²) < 4.78 is 5.56. The van der Waals surface area contributed by atoms with E-state index in [2.05, 4.69) is 4.98 Å². The zero-order valence-electron chi connectivity index (χ0n) is 10.4. The third kappa shape index (κ3) is 3.00. The molecule has 0 bridgehead atoms. The molecule has 1 atom stereocenters. The second-order valence-electron chi connectivity index (χ2n) is 4.33. The van der Waals surface area contributed by atoms with Crippen molar-refractivity contribution in [2.75, 3.05) is 19.7 Å². The van der Waals surface area contributed by atoms with Gasteiger partial charge in [-0.1, -0.05) is 11.6 Å². The SMILES string of the molecule is CCN(CC1CCCO1)C(=O)c1cnccc1Cl. The van der Waals surface area contributed by atoms with Crippen molar-refractivity contribution in [2.45, 2.75) is 25.9 Å². The van der Waals surface area contributed by atoms with Crippen molar-refractivity contribution < 1.29 is 9.53 Å². The van der Waals surface area contributed by atoms with Crippen molar-refractivity contribution in [1.82, 2.24) is 9.88 Å². The third-order valence-corrected chi connectivity index (χ3v) is 3.44. The Morgan fingerprint density at radius 3 is 3.11 bits per heavy atom. The molecule has 1 saturated heterocycles. The molecule has 0 aliphatic carbocycles. The van der Waals surface area contributed by atoms with Gasteiger partial charge in [0.2, 0.25) is 0 Å². The molecular formula is C13H17ClN2O2. The Balaban J connectivity index is 2.07. The first-order valence-electron chi connectivity index (χ1n) is 6.22. The monoisotopic (exact) mass is 268 g/mol. The fourth-order valence-electron chi connectivity index (χ4n) is 2.09. The predicted molar refractivity (Wildman–Crippen MR) is 69.8 cm³/mol. The van der Waals surface area contributed by atoms with Crippen LogP contribution >= 0.6 is 11.6 Å². The predicted octanol–water partition coefficient (Wildman–Crippen LogP) is 2.38. The Bertz CT molecular complexity index is 419. The first kappa shape index (κ1) is 13.3. The van der Waals surface area contributed by atoms with Crippen LogP contribution in [0.2, 0.25) is 5.02 Å². The van der Waals surface area contributed by atoms with Crippen LogP contribution in [0.1, 0.15) is 30.1 Å². The molecule has 4 nitrogen and oxygen atoms in total. The minimum Gasteiger partial charge on any atom is -0.376 e. The van der Waals surface area contributed by atoms with Crippen LogP contribution in [0.15, 0.2) is 18.5 Å². The molecule has 0 aromatic carbocycles. The molecule has 1 fully saturated rings. The topological polar surface area (TPSA) is 42.4 Å². The number of rotatable bonds is 4. The quantitative estimate of drug-likeness (QED) is 0.842. The summed E-state index contributed by atoms with van der Waals surface area (Å²) in [6.07, 6.45) is 5.34. The van der Waals surface area contributed by atoms with E-state index in [1.54, 1.807) is 17.2 Å². The van der Waals surface area contributed by atoms with E-state index in [-0.39, 0.29) is 12.0 Å². The Morgan fingerprint density at radius 2 is 2.50 bits per heavy atom. The Labute approximate surface area is 112 Å². The molecule has 0 spiro atoms. The van der Waals surface area contributed by atoms with Crippen LogP contribution < -0.4 is 0 Å². The lowest BCUT2D eigenvalue weighted by atomic mass is 10.2. The standard InChI is InChI=1S/C13H17ClN2O2/c1-2-16(9-10-4-3-7-18-10)13(17)11-8-15-6-5-12(11)14/h5-6,8,10H,2-4,7,9H2,1H3. The molecule has 2 rings (SSSR count). The van der Waals surface area contributed by atoms with Crippen molar-refractivity contribution >= 4 is 17.5 Å².